The number of imidazole rings is 1. The van der Waals surface area contributed by atoms with Crippen LogP contribution in [0, 0.1) is 5.82 Å². The third-order valence-corrected chi connectivity index (χ3v) is 4.60. The quantitative estimate of drug-likeness (QED) is 0.577. The number of alkyl halides is 1. The van der Waals surface area contributed by atoms with Gasteiger partial charge in [0.25, 0.3) is 0 Å². The first kappa shape index (κ1) is 14.8. The van der Waals surface area contributed by atoms with Gasteiger partial charge in [-0.3, -0.25) is 0 Å². The second kappa shape index (κ2) is 5.95. The molecule has 0 amide bonds. The highest BCUT2D eigenvalue weighted by molar-refractivity contribution is 7.07. The molecule has 0 bridgehead atoms. The van der Waals surface area contributed by atoms with Crippen LogP contribution >= 0.6 is 34.5 Å². The molecule has 6 heteroatoms. The summed E-state index contributed by atoms with van der Waals surface area (Å²) in [6, 6.07) is 5.07. The largest absolute Gasteiger partial charge is 0.326 e. The highest BCUT2D eigenvalue weighted by Crippen LogP contribution is 2.28. The van der Waals surface area contributed by atoms with Crippen LogP contribution in [0.1, 0.15) is 23.7 Å². The van der Waals surface area contributed by atoms with Crippen LogP contribution < -0.4 is 0 Å². The Bertz CT molecular complexity index is 766. The summed E-state index contributed by atoms with van der Waals surface area (Å²) in [6.07, 6.45) is 0.857. The first-order valence-corrected chi connectivity index (χ1v) is 8.32. The number of hydrogen-bond acceptors (Lipinski definition) is 2. The Balaban J connectivity index is 2.04. The van der Waals surface area contributed by atoms with E-state index in [-0.39, 0.29) is 10.4 Å². The van der Waals surface area contributed by atoms with Crippen LogP contribution in [-0.2, 0) is 13.0 Å². The number of benzene rings is 1. The first-order chi connectivity index (χ1) is 10.1. The molecule has 0 spiro atoms. The van der Waals surface area contributed by atoms with E-state index < -0.39 is 5.82 Å². The second-order valence-electron chi connectivity index (χ2n) is 4.87. The lowest BCUT2D eigenvalue weighted by Gasteiger charge is -2.10. The molecule has 0 fully saturated rings. The summed E-state index contributed by atoms with van der Waals surface area (Å²) < 4.78 is 15.7. The minimum Gasteiger partial charge on any atom is -0.326 e. The third-order valence-electron chi connectivity index (χ3n) is 3.38. The predicted octanol–water partition coefficient (Wildman–Crippen LogP) is 5.43. The van der Waals surface area contributed by atoms with Crippen molar-refractivity contribution in [3.63, 3.8) is 0 Å². The maximum Gasteiger partial charge on any atom is 0.144 e. The van der Waals surface area contributed by atoms with Crippen LogP contribution in [-0.4, -0.2) is 9.55 Å². The van der Waals surface area contributed by atoms with Crippen molar-refractivity contribution in [1.82, 2.24) is 9.55 Å². The van der Waals surface area contributed by atoms with Crippen LogP contribution in [0.4, 0.5) is 4.39 Å². The van der Waals surface area contributed by atoms with Gasteiger partial charge in [0.2, 0.25) is 0 Å². The van der Waals surface area contributed by atoms with Crippen molar-refractivity contribution in [3.8, 4) is 0 Å². The summed E-state index contributed by atoms with van der Waals surface area (Å²) in [4.78, 5) is 4.50. The van der Waals surface area contributed by atoms with Crippen molar-refractivity contribution < 1.29 is 4.39 Å². The van der Waals surface area contributed by atoms with Crippen molar-refractivity contribution in [2.75, 3.05) is 0 Å². The molecule has 110 valence electrons. The van der Waals surface area contributed by atoms with Gasteiger partial charge in [-0.1, -0.05) is 11.6 Å². The molecule has 3 rings (SSSR count). The molecular weight excluding hydrogens is 330 g/mol. The van der Waals surface area contributed by atoms with Gasteiger partial charge in [0.15, 0.2) is 0 Å². The van der Waals surface area contributed by atoms with Crippen LogP contribution in [0.3, 0.4) is 0 Å². The summed E-state index contributed by atoms with van der Waals surface area (Å²) in [5.74, 6) is 0.304. The van der Waals surface area contributed by atoms with Crippen LogP contribution in [0.2, 0.25) is 5.02 Å². The lowest BCUT2D eigenvalue weighted by atomic mass is 10.2. The average Bonchev–Trinajstić information content (AvgIpc) is 3.05. The Hall–Kier alpha value is -1.10. The van der Waals surface area contributed by atoms with E-state index in [1.807, 2.05) is 16.9 Å². The van der Waals surface area contributed by atoms with E-state index in [4.69, 9.17) is 23.2 Å². The molecule has 0 aliphatic rings. The lowest BCUT2D eigenvalue weighted by molar-refractivity contribution is 0.626. The maximum atomic E-state index is 13.7. The molecule has 1 aromatic carbocycles. The molecule has 21 heavy (non-hydrogen) atoms. The molecule has 0 saturated carbocycles. The van der Waals surface area contributed by atoms with Gasteiger partial charge in [-0.05, 0) is 41.8 Å². The van der Waals surface area contributed by atoms with Gasteiger partial charge < -0.3 is 4.57 Å². The Morgan fingerprint density at radius 2 is 2.24 bits per heavy atom. The molecule has 2 nitrogen and oxygen atoms in total. The summed E-state index contributed by atoms with van der Waals surface area (Å²) in [7, 11) is 0. The molecule has 0 radical (unpaired) electrons. The van der Waals surface area contributed by atoms with Gasteiger partial charge in [-0.2, -0.15) is 11.3 Å². The van der Waals surface area contributed by atoms with E-state index in [2.05, 4.69) is 16.4 Å². The standard InChI is InChI=1S/C15H13Cl2FN2S/c1-9(16)15-19-13-6-11(17)12(18)7-14(13)20(15)4-2-10-3-5-21-8-10/h3,5-9H,2,4H2,1H3. The smallest absolute Gasteiger partial charge is 0.144 e. The summed E-state index contributed by atoms with van der Waals surface area (Å²) in [5, 5.41) is 3.99. The molecule has 1 atom stereocenters. The highest BCUT2D eigenvalue weighted by Gasteiger charge is 2.16. The van der Waals surface area contributed by atoms with Gasteiger partial charge in [-0.25, -0.2) is 9.37 Å². The minimum absolute atomic E-state index is 0.0822. The monoisotopic (exact) mass is 342 g/mol. The predicted molar refractivity (Wildman–Crippen MR) is 87.0 cm³/mol. The third kappa shape index (κ3) is 2.93. The number of rotatable bonds is 4. The number of halogens is 3. The van der Waals surface area contributed by atoms with E-state index >= 15 is 0 Å². The average molecular weight is 343 g/mol. The van der Waals surface area contributed by atoms with Crippen molar-refractivity contribution >= 4 is 45.6 Å². The fraction of sp³-hybridized carbons (Fsp3) is 0.267. The summed E-state index contributed by atoms with van der Waals surface area (Å²) in [6.45, 7) is 2.57. The molecular formula is C15H13Cl2FN2S. The van der Waals surface area contributed by atoms with Gasteiger partial charge in [0.05, 0.1) is 21.4 Å². The number of fused-ring (bicyclic) bond motifs is 1. The topological polar surface area (TPSA) is 17.8 Å². The number of aryl methyl sites for hydroxylation is 2. The molecule has 3 aromatic rings. The van der Waals surface area contributed by atoms with E-state index in [0.29, 0.717) is 12.1 Å². The summed E-state index contributed by atoms with van der Waals surface area (Å²) in [5.41, 5.74) is 2.66. The van der Waals surface area contributed by atoms with Crippen LogP contribution in [0.25, 0.3) is 11.0 Å². The Morgan fingerprint density at radius 1 is 1.43 bits per heavy atom. The van der Waals surface area contributed by atoms with Crippen molar-refractivity contribution in [2.45, 2.75) is 25.3 Å². The number of aromatic nitrogens is 2. The molecule has 0 aliphatic heterocycles. The Kier molecular flexibility index (Phi) is 4.20. The van der Waals surface area contributed by atoms with Gasteiger partial charge >= 0.3 is 0 Å². The first-order valence-electron chi connectivity index (χ1n) is 6.56. The molecule has 0 aliphatic carbocycles. The van der Waals surface area contributed by atoms with Crippen molar-refractivity contribution in [1.29, 1.82) is 0 Å². The van der Waals surface area contributed by atoms with Crippen molar-refractivity contribution in [2.24, 2.45) is 0 Å². The lowest BCUT2D eigenvalue weighted by Crippen LogP contribution is -2.06. The van der Waals surface area contributed by atoms with Crippen molar-refractivity contribution in [3.05, 3.63) is 51.2 Å². The molecule has 0 N–H and O–H groups in total. The highest BCUT2D eigenvalue weighted by atomic mass is 35.5. The normalized spacial score (nSPS) is 13.0. The van der Waals surface area contributed by atoms with E-state index in [9.17, 15) is 4.39 Å². The second-order valence-corrected chi connectivity index (χ2v) is 6.72. The van der Waals surface area contributed by atoms with Gasteiger partial charge in [0, 0.05) is 12.6 Å². The fourth-order valence-corrected chi connectivity index (χ4v) is 3.38. The van der Waals surface area contributed by atoms with Gasteiger partial charge in [-0.15, -0.1) is 11.6 Å². The Morgan fingerprint density at radius 3 is 2.90 bits per heavy atom. The van der Waals surface area contributed by atoms with E-state index in [1.54, 1.807) is 17.4 Å². The van der Waals surface area contributed by atoms with Crippen LogP contribution in [0.15, 0.2) is 29.0 Å². The number of thiophene rings is 1. The minimum atomic E-state index is -0.436. The number of nitrogens with zero attached hydrogens (tertiary/aromatic N) is 2. The molecule has 2 heterocycles. The Labute approximate surface area is 136 Å². The zero-order valence-electron chi connectivity index (χ0n) is 11.3. The maximum absolute atomic E-state index is 13.7. The molecule has 2 aromatic heterocycles. The zero-order chi connectivity index (χ0) is 15.0. The van der Waals surface area contributed by atoms with Crippen LogP contribution in [0.5, 0.6) is 0 Å². The SMILES string of the molecule is CC(Cl)c1nc2cc(Cl)c(F)cc2n1CCc1ccsc1. The van der Waals surface area contributed by atoms with E-state index in [0.717, 1.165) is 17.8 Å². The van der Waals surface area contributed by atoms with E-state index in [1.165, 1.54) is 11.6 Å². The molecule has 1 unspecified atom stereocenters. The summed E-state index contributed by atoms with van der Waals surface area (Å²) >= 11 is 13.7. The van der Waals surface area contributed by atoms with Gasteiger partial charge in [0.1, 0.15) is 11.6 Å². The zero-order valence-corrected chi connectivity index (χ0v) is 13.6. The fourth-order valence-electron chi connectivity index (χ4n) is 2.35. The molecule has 0 saturated heterocycles. The number of hydrogen-bond donors (Lipinski definition) is 0.